The third kappa shape index (κ3) is 4.96. The molecule has 1 atom stereocenters. The Hall–Kier alpha value is -3.69. The lowest BCUT2D eigenvalue weighted by atomic mass is 10.1. The van der Waals surface area contributed by atoms with Crippen LogP contribution in [0, 0.1) is 5.92 Å². The maximum absolute atomic E-state index is 12.9. The van der Waals surface area contributed by atoms with Gasteiger partial charge in [-0.3, -0.25) is 9.48 Å². The summed E-state index contributed by atoms with van der Waals surface area (Å²) in [6.45, 7) is 2.78. The van der Waals surface area contributed by atoms with E-state index in [1.807, 2.05) is 71.0 Å². The maximum atomic E-state index is 12.9. The Labute approximate surface area is 187 Å². The molecule has 10 heteroatoms. The zero-order valence-electron chi connectivity index (χ0n) is 18.7. The van der Waals surface area contributed by atoms with E-state index in [1.54, 1.807) is 6.20 Å². The predicted molar refractivity (Wildman–Crippen MR) is 123 cm³/mol. The number of aromatic nitrogens is 5. The number of rotatable bonds is 7. The van der Waals surface area contributed by atoms with Crippen LogP contribution in [0.25, 0.3) is 0 Å². The summed E-state index contributed by atoms with van der Waals surface area (Å²) >= 11 is 0. The normalized spacial score (nSPS) is 15.7. The molecule has 0 aliphatic carbocycles. The fourth-order valence-electron chi connectivity index (χ4n) is 3.88. The molecule has 1 unspecified atom stereocenters. The van der Waals surface area contributed by atoms with E-state index in [9.17, 15) is 4.79 Å². The zero-order valence-corrected chi connectivity index (χ0v) is 18.7. The van der Waals surface area contributed by atoms with Crippen molar-refractivity contribution < 1.29 is 4.79 Å². The van der Waals surface area contributed by atoms with Crippen molar-refractivity contribution in [2.75, 3.05) is 49.8 Å². The monoisotopic (exact) mass is 435 g/mol. The molecule has 32 heavy (non-hydrogen) atoms. The highest BCUT2D eigenvalue weighted by Gasteiger charge is 2.27. The van der Waals surface area contributed by atoms with Gasteiger partial charge < -0.3 is 20.4 Å². The Morgan fingerprint density at radius 3 is 2.81 bits per heavy atom. The lowest BCUT2D eigenvalue weighted by molar-refractivity contribution is 0.0785. The van der Waals surface area contributed by atoms with Gasteiger partial charge >= 0.3 is 0 Å². The van der Waals surface area contributed by atoms with Crippen molar-refractivity contribution in [3.8, 4) is 0 Å². The molecule has 1 aliphatic rings. The van der Waals surface area contributed by atoms with Crippen LogP contribution in [-0.4, -0.2) is 70.0 Å². The lowest BCUT2D eigenvalue weighted by Crippen LogP contribution is -2.29. The van der Waals surface area contributed by atoms with Crippen LogP contribution in [0.1, 0.15) is 22.5 Å². The second kappa shape index (κ2) is 9.21. The fourth-order valence-corrected chi connectivity index (χ4v) is 3.88. The number of hydrogen-bond donors (Lipinski definition) is 1. The molecule has 3 aromatic rings. The van der Waals surface area contributed by atoms with Crippen LogP contribution in [0.3, 0.4) is 0 Å². The predicted octanol–water partition coefficient (Wildman–Crippen LogP) is 1.52. The van der Waals surface area contributed by atoms with Gasteiger partial charge in [0.05, 0.1) is 25.1 Å². The van der Waals surface area contributed by atoms with Crippen molar-refractivity contribution in [3.63, 3.8) is 0 Å². The van der Waals surface area contributed by atoms with Crippen LogP contribution < -0.4 is 15.5 Å². The van der Waals surface area contributed by atoms with Gasteiger partial charge in [-0.15, -0.1) is 5.10 Å². The second-order valence-electron chi connectivity index (χ2n) is 8.44. The Balaban J connectivity index is 1.32. The SMILES string of the molecule is CN(C)c1cccc(C(=O)N2CCC(Cn3cc(CN(C)c4cnc(N)cn4)nn3)C2)c1. The van der Waals surface area contributed by atoms with E-state index >= 15 is 0 Å². The number of nitrogens with zero attached hydrogens (tertiary/aromatic N) is 8. The highest BCUT2D eigenvalue weighted by molar-refractivity contribution is 5.95. The van der Waals surface area contributed by atoms with Gasteiger partial charge in [0, 0.05) is 52.0 Å². The molecule has 3 heterocycles. The average Bonchev–Trinajstić information content (AvgIpc) is 3.43. The first-order chi connectivity index (χ1) is 15.4. The highest BCUT2D eigenvalue weighted by Crippen LogP contribution is 2.22. The van der Waals surface area contributed by atoms with Gasteiger partial charge in [-0.05, 0) is 30.5 Å². The van der Waals surface area contributed by atoms with Gasteiger partial charge in [0.2, 0.25) is 0 Å². The number of nitrogens with two attached hydrogens (primary N) is 1. The molecule has 1 fully saturated rings. The number of amides is 1. The van der Waals surface area contributed by atoms with E-state index in [2.05, 4.69) is 20.3 Å². The Bertz CT molecular complexity index is 1060. The molecule has 4 rings (SSSR count). The van der Waals surface area contributed by atoms with Gasteiger partial charge in [-0.25, -0.2) is 9.97 Å². The van der Waals surface area contributed by atoms with Crippen molar-refractivity contribution in [2.45, 2.75) is 19.5 Å². The number of carbonyl (C=O) groups is 1. The molecule has 1 aromatic carbocycles. The molecule has 1 amide bonds. The van der Waals surface area contributed by atoms with Crippen LogP contribution >= 0.6 is 0 Å². The molecule has 2 aromatic heterocycles. The lowest BCUT2D eigenvalue weighted by Gasteiger charge is -2.18. The van der Waals surface area contributed by atoms with Gasteiger partial charge in [0.15, 0.2) is 0 Å². The second-order valence-corrected chi connectivity index (χ2v) is 8.44. The largest absolute Gasteiger partial charge is 0.382 e. The van der Waals surface area contributed by atoms with Crippen LogP contribution in [0.15, 0.2) is 42.9 Å². The van der Waals surface area contributed by atoms with Gasteiger partial charge in [0.1, 0.15) is 17.3 Å². The third-order valence-electron chi connectivity index (χ3n) is 5.66. The van der Waals surface area contributed by atoms with Crippen LogP contribution in [0.5, 0.6) is 0 Å². The summed E-state index contributed by atoms with van der Waals surface area (Å²) in [5, 5.41) is 8.56. The topological polar surface area (TPSA) is 109 Å². The molecule has 0 bridgehead atoms. The summed E-state index contributed by atoms with van der Waals surface area (Å²) in [4.78, 5) is 27.2. The molecule has 1 aliphatic heterocycles. The van der Waals surface area contributed by atoms with Gasteiger partial charge in [-0.1, -0.05) is 11.3 Å². The molecule has 10 nitrogen and oxygen atoms in total. The minimum absolute atomic E-state index is 0.0849. The molecular formula is C22H29N9O. The standard InChI is InChI=1S/C22H29N9O/c1-28(2)19-6-4-5-17(9-19)22(32)30-8-7-16(12-30)13-31-15-18(26-27-31)14-29(3)21-11-24-20(23)10-25-21/h4-6,9-11,15-16H,7-8,12-14H2,1-3H3,(H2,23,24). The van der Waals surface area contributed by atoms with E-state index in [0.29, 0.717) is 18.3 Å². The van der Waals surface area contributed by atoms with E-state index in [-0.39, 0.29) is 5.91 Å². The molecule has 168 valence electrons. The number of carbonyl (C=O) groups excluding carboxylic acids is 1. The number of benzene rings is 1. The van der Waals surface area contributed by atoms with E-state index in [4.69, 9.17) is 5.73 Å². The number of hydrogen-bond acceptors (Lipinski definition) is 8. The van der Waals surface area contributed by atoms with Crippen LogP contribution in [-0.2, 0) is 13.1 Å². The molecular weight excluding hydrogens is 406 g/mol. The average molecular weight is 436 g/mol. The highest BCUT2D eigenvalue weighted by atomic mass is 16.2. The van der Waals surface area contributed by atoms with Crippen LogP contribution in [0.2, 0.25) is 0 Å². The summed E-state index contributed by atoms with van der Waals surface area (Å²) in [6, 6.07) is 7.76. The summed E-state index contributed by atoms with van der Waals surface area (Å²) in [6.07, 6.45) is 6.08. The summed E-state index contributed by atoms with van der Waals surface area (Å²) in [5.41, 5.74) is 8.20. The molecule has 0 saturated carbocycles. The minimum Gasteiger partial charge on any atom is -0.382 e. The molecule has 0 radical (unpaired) electrons. The molecule has 2 N–H and O–H groups in total. The summed E-state index contributed by atoms with van der Waals surface area (Å²) < 4.78 is 1.86. The van der Waals surface area contributed by atoms with Crippen molar-refractivity contribution >= 4 is 23.2 Å². The Morgan fingerprint density at radius 1 is 1.22 bits per heavy atom. The Kier molecular flexibility index (Phi) is 6.20. The number of likely N-dealkylation sites (tertiary alicyclic amines) is 1. The smallest absolute Gasteiger partial charge is 0.253 e. The quantitative estimate of drug-likeness (QED) is 0.595. The maximum Gasteiger partial charge on any atom is 0.253 e. The van der Waals surface area contributed by atoms with Gasteiger partial charge in [-0.2, -0.15) is 0 Å². The minimum atomic E-state index is 0.0849. The van der Waals surface area contributed by atoms with Crippen molar-refractivity contribution in [1.82, 2.24) is 29.9 Å². The first kappa shape index (κ1) is 21.5. The first-order valence-electron chi connectivity index (χ1n) is 10.6. The zero-order chi connectivity index (χ0) is 22.7. The van der Waals surface area contributed by atoms with Crippen molar-refractivity contribution in [1.29, 1.82) is 0 Å². The first-order valence-corrected chi connectivity index (χ1v) is 10.6. The van der Waals surface area contributed by atoms with Gasteiger partial charge in [0.25, 0.3) is 5.91 Å². The number of anilines is 3. The Morgan fingerprint density at radius 2 is 2.06 bits per heavy atom. The fraction of sp³-hybridized carbons (Fsp3) is 0.409. The molecule has 0 spiro atoms. The van der Waals surface area contributed by atoms with Crippen LogP contribution in [0.4, 0.5) is 17.3 Å². The number of nitrogen functional groups attached to an aromatic ring is 1. The molecule has 1 saturated heterocycles. The summed E-state index contributed by atoms with van der Waals surface area (Å²) in [5.74, 6) is 1.55. The third-order valence-corrected chi connectivity index (χ3v) is 5.66. The summed E-state index contributed by atoms with van der Waals surface area (Å²) in [7, 11) is 5.87. The van der Waals surface area contributed by atoms with E-state index < -0.39 is 0 Å². The van der Waals surface area contributed by atoms with E-state index in [0.717, 1.165) is 48.8 Å². The van der Waals surface area contributed by atoms with Crippen molar-refractivity contribution in [2.24, 2.45) is 5.92 Å². The van der Waals surface area contributed by atoms with Crippen molar-refractivity contribution in [3.05, 3.63) is 54.1 Å². The van der Waals surface area contributed by atoms with E-state index in [1.165, 1.54) is 6.20 Å².